The molecule has 1 aromatic rings. The van der Waals surface area contributed by atoms with Gasteiger partial charge in [0.1, 0.15) is 0 Å². The van der Waals surface area contributed by atoms with Gasteiger partial charge in [-0.05, 0) is 12.1 Å². The van der Waals surface area contributed by atoms with Crippen molar-refractivity contribution in [2.75, 3.05) is 17.1 Å². The number of nitrogens with one attached hydrogen (secondary N) is 1. The number of benzene rings is 1. The normalized spacial score (nSPS) is 11.1. The van der Waals surface area contributed by atoms with Gasteiger partial charge < -0.3 is 0 Å². The molecule has 0 aliphatic rings. The standard InChI is InChI=1S/C8H8Cl3N3O3S/c9-4-5-14(13-15)18(16,17)12-8-6(10)2-1-3-7(8)11/h1-3,12H,4-5H2. The van der Waals surface area contributed by atoms with Crippen molar-refractivity contribution in [1.82, 2.24) is 4.41 Å². The number of hydrogen-bond donors (Lipinski definition) is 1. The van der Waals surface area contributed by atoms with Gasteiger partial charge in [0.05, 0.1) is 27.6 Å². The van der Waals surface area contributed by atoms with Crippen LogP contribution < -0.4 is 4.72 Å². The molecule has 1 aromatic carbocycles. The first-order chi connectivity index (χ1) is 8.42. The van der Waals surface area contributed by atoms with Crippen molar-refractivity contribution in [2.24, 2.45) is 5.29 Å². The zero-order valence-electron chi connectivity index (χ0n) is 8.81. The Balaban J connectivity index is 3.05. The fourth-order valence-electron chi connectivity index (χ4n) is 1.05. The average Bonchev–Trinajstić information content (AvgIpc) is 2.31. The van der Waals surface area contributed by atoms with Crippen molar-refractivity contribution >= 4 is 50.7 Å². The molecule has 0 aromatic heterocycles. The zero-order valence-corrected chi connectivity index (χ0v) is 11.9. The van der Waals surface area contributed by atoms with Crippen LogP contribution in [0.2, 0.25) is 10.0 Å². The third-order valence-electron chi connectivity index (χ3n) is 1.84. The van der Waals surface area contributed by atoms with E-state index in [1.165, 1.54) is 12.1 Å². The van der Waals surface area contributed by atoms with Gasteiger partial charge in [0.2, 0.25) is 0 Å². The van der Waals surface area contributed by atoms with E-state index in [0.29, 0.717) is 0 Å². The first-order valence-corrected chi connectivity index (χ1v) is 7.29. The van der Waals surface area contributed by atoms with E-state index in [1.807, 2.05) is 0 Å². The molecule has 0 aliphatic carbocycles. The largest absolute Gasteiger partial charge is 0.341 e. The summed E-state index contributed by atoms with van der Waals surface area (Å²) in [6.07, 6.45) is 0. The van der Waals surface area contributed by atoms with Crippen LogP contribution in [0, 0.1) is 4.91 Å². The molecular formula is C8H8Cl3N3O3S. The van der Waals surface area contributed by atoms with E-state index in [1.54, 1.807) is 6.07 Å². The van der Waals surface area contributed by atoms with Crippen LogP contribution in [0.15, 0.2) is 23.5 Å². The van der Waals surface area contributed by atoms with E-state index in [0.717, 1.165) is 0 Å². The van der Waals surface area contributed by atoms with Gasteiger partial charge in [0.25, 0.3) is 0 Å². The van der Waals surface area contributed by atoms with Crippen molar-refractivity contribution < 1.29 is 8.42 Å². The minimum Gasteiger partial charge on any atom is -0.262 e. The molecule has 0 spiro atoms. The first kappa shape index (κ1) is 15.3. The molecule has 0 aliphatic heterocycles. The lowest BCUT2D eigenvalue weighted by atomic mass is 10.3. The summed E-state index contributed by atoms with van der Waals surface area (Å²) in [5, 5.41) is 2.57. The summed E-state index contributed by atoms with van der Waals surface area (Å²) in [6.45, 7) is -0.261. The van der Waals surface area contributed by atoms with E-state index < -0.39 is 10.2 Å². The minimum absolute atomic E-state index is 0.0240. The Morgan fingerprint density at radius 1 is 1.28 bits per heavy atom. The maximum atomic E-state index is 11.8. The highest BCUT2D eigenvalue weighted by atomic mass is 35.5. The molecule has 0 saturated heterocycles. The molecule has 1 N–H and O–H groups in total. The number of nitroso groups, excluding NO2 is 1. The smallest absolute Gasteiger partial charge is 0.262 e. The highest BCUT2D eigenvalue weighted by Crippen LogP contribution is 2.31. The van der Waals surface area contributed by atoms with Crippen molar-refractivity contribution in [3.63, 3.8) is 0 Å². The Hall–Kier alpha value is -0.760. The lowest BCUT2D eigenvalue weighted by Crippen LogP contribution is -2.33. The summed E-state index contributed by atoms with van der Waals surface area (Å²) in [7, 11) is -4.18. The number of halogens is 3. The van der Waals surface area contributed by atoms with E-state index in [4.69, 9.17) is 34.8 Å². The number of rotatable bonds is 6. The highest BCUT2D eigenvalue weighted by Gasteiger charge is 2.23. The van der Waals surface area contributed by atoms with Crippen LogP contribution in [0.25, 0.3) is 0 Å². The topological polar surface area (TPSA) is 78.8 Å². The number of nitrogens with zero attached hydrogens (tertiary/aromatic N) is 2. The maximum Gasteiger partial charge on any atom is 0.341 e. The lowest BCUT2D eigenvalue weighted by Gasteiger charge is -2.16. The van der Waals surface area contributed by atoms with Gasteiger partial charge >= 0.3 is 10.2 Å². The Kier molecular flexibility index (Phi) is 5.46. The summed E-state index contributed by atoms with van der Waals surface area (Å²) in [5.41, 5.74) is -0.0240. The van der Waals surface area contributed by atoms with Gasteiger partial charge in [0, 0.05) is 5.88 Å². The Morgan fingerprint density at radius 2 is 1.83 bits per heavy atom. The molecule has 1 rings (SSSR count). The van der Waals surface area contributed by atoms with Crippen molar-refractivity contribution in [3.8, 4) is 0 Å². The van der Waals surface area contributed by atoms with Gasteiger partial charge in [-0.25, -0.2) is 0 Å². The summed E-state index contributed by atoms with van der Waals surface area (Å²) < 4.78 is 25.9. The molecule has 0 atom stereocenters. The molecular weight excluding hydrogens is 325 g/mol. The molecule has 0 saturated carbocycles. The van der Waals surface area contributed by atoms with Crippen molar-refractivity contribution in [1.29, 1.82) is 0 Å². The summed E-state index contributed by atoms with van der Waals surface area (Å²) in [5.74, 6) is -0.0805. The monoisotopic (exact) mass is 331 g/mol. The lowest BCUT2D eigenvalue weighted by molar-refractivity contribution is 0.450. The second-order valence-electron chi connectivity index (χ2n) is 3.02. The third-order valence-corrected chi connectivity index (χ3v) is 3.90. The van der Waals surface area contributed by atoms with Gasteiger partial charge in [-0.3, -0.25) is 4.72 Å². The predicted molar refractivity (Wildman–Crippen MR) is 72.2 cm³/mol. The van der Waals surface area contributed by atoms with E-state index >= 15 is 0 Å². The molecule has 18 heavy (non-hydrogen) atoms. The highest BCUT2D eigenvalue weighted by molar-refractivity contribution is 7.90. The SMILES string of the molecule is O=NN(CCCl)S(=O)(=O)Nc1c(Cl)cccc1Cl. The van der Waals surface area contributed by atoms with Gasteiger partial charge in [-0.1, -0.05) is 29.3 Å². The van der Waals surface area contributed by atoms with Gasteiger partial charge in [0.15, 0.2) is 0 Å². The third kappa shape index (κ3) is 3.61. The molecule has 0 bridgehead atoms. The minimum atomic E-state index is -4.18. The Bertz CT molecular complexity index is 517. The van der Waals surface area contributed by atoms with Crippen LogP contribution in [0.3, 0.4) is 0 Å². The number of para-hydroxylation sites is 1. The molecule has 6 nitrogen and oxygen atoms in total. The van der Waals surface area contributed by atoms with Gasteiger partial charge in [-0.2, -0.15) is 8.42 Å². The van der Waals surface area contributed by atoms with Crippen molar-refractivity contribution in [2.45, 2.75) is 0 Å². The Labute approximate surface area is 119 Å². The van der Waals surface area contributed by atoms with Crippen LogP contribution in [-0.4, -0.2) is 25.3 Å². The summed E-state index contributed by atoms with van der Waals surface area (Å²) in [6, 6.07) is 4.45. The number of hydrogen-bond acceptors (Lipinski definition) is 4. The first-order valence-electron chi connectivity index (χ1n) is 4.56. The second kappa shape index (κ2) is 6.42. The van der Waals surface area contributed by atoms with Crippen LogP contribution in [-0.2, 0) is 10.2 Å². The quantitative estimate of drug-likeness (QED) is 0.494. The van der Waals surface area contributed by atoms with Gasteiger partial charge in [-0.15, -0.1) is 20.9 Å². The van der Waals surface area contributed by atoms with E-state index in [9.17, 15) is 13.3 Å². The van der Waals surface area contributed by atoms with Crippen LogP contribution in [0.5, 0.6) is 0 Å². The van der Waals surface area contributed by atoms with Crippen LogP contribution >= 0.6 is 34.8 Å². The zero-order chi connectivity index (χ0) is 13.8. The molecule has 100 valence electrons. The predicted octanol–water partition coefficient (Wildman–Crippen LogP) is 2.87. The fraction of sp³-hybridized carbons (Fsp3) is 0.250. The fourth-order valence-corrected chi connectivity index (χ4v) is 2.92. The second-order valence-corrected chi connectivity index (χ2v) is 5.79. The Morgan fingerprint density at radius 3 is 2.28 bits per heavy atom. The maximum absolute atomic E-state index is 11.8. The van der Waals surface area contributed by atoms with E-state index in [-0.39, 0.29) is 32.6 Å². The van der Waals surface area contributed by atoms with Crippen LogP contribution in [0.4, 0.5) is 5.69 Å². The molecule has 0 heterocycles. The molecule has 0 radical (unpaired) electrons. The molecule has 0 unspecified atom stereocenters. The van der Waals surface area contributed by atoms with Crippen LogP contribution in [0.1, 0.15) is 0 Å². The summed E-state index contributed by atoms with van der Waals surface area (Å²) >= 11 is 17.0. The average molecular weight is 333 g/mol. The molecule has 10 heteroatoms. The van der Waals surface area contributed by atoms with E-state index in [2.05, 4.69) is 10.0 Å². The van der Waals surface area contributed by atoms with Crippen molar-refractivity contribution in [3.05, 3.63) is 33.2 Å². The molecule has 0 fully saturated rings. The number of alkyl halides is 1. The summed E-state index contributed by atoms with van der Waals surface area (Å²) in [4.78, 5) is 10.4. The molecule has 0 amide bonds. The number of anilines is 1.